The summed E-state index contributed by atoms with van der Waals surface area (Å²) in [6.45, 7) is 4.87. The molecule has 3 heterocycles. The van der Waals surface area contributed by atoms with E-state index in [1.54, 1.807) is 30.4 Å². The molecule has 1 N–H and O–H groups in total. The third kappa shape index (κ3) is 4.80. The summed E-state index contributed by atoms with van der Waals surface area (Å²) in [5.41, 5.74) is 0.319. The van der Waals surface area contributed by atoms with Gasteiger partial charge in [-0.15, -0.1) is 11.3 Å². The number of hydrogen-bond acceptors (Lipinski definition) is 7. The van der Waals surface area contributed by atoms with Gasteiger partial charge >= 0.3 is 5.97 Å². The fraction of sp³-hybridized carbons (Fsp3) is 0.389. The van der Waals surface area contributed by atoms with Crippen LogP contribution < -0.4 is 10.2 Å². The molecule has 3 rings (SSSR count). The Balaban J connectivity index is 1.50. The first-order valence-corrected chi connectivity index (χ1v) is 9.31. The lowest BCUT2D eigenvalue weighted by Crippen LogP contribution is -2.36. The molecule has 1 aliphatic heterocycles. The average Bonchev–Trinajstić information content (AvgIpc) is 3.20. The highest BCUT2D eigenvalue weighted by Crippen LogP contribution is 2.14. The van der Waals surface area contributed by atoms with Crippen LogP contribution in [-0.4, -0.2) is 49.3 Å². The van der Waals surface area contributed by atoms with Gasteiger partial charge in [0.25, 0.3) is 5.91 Å². The van der Waals surface area contributed by atoms with Gasteiger partial charge in [0.2, 0.25) is 0 Å². The van der Waals surface area contributed by atoms with Crippen LogP contribution in [0.4, 0.5) is 5.82 Å². The maximum absolute atomic E-state index is 12.2. The van der Waals surface area contributed by atoms with Crippen molar-refractivity contribution in [2.45, 2.75) is 19.6 Å². The maximum atomic E-state index is 12.2. The molecule has 8 heteroatoms. The van der Waals surface area contributed by atoms with Gasteiger partial charge in [-0.2, -0.15) is 0 Å². The quantitative estimate of drug-likeness (QED) is 0.776. The predicted octanol–water partition coefficient (Wildman–Crippen LogP) is 1.84. The number of morpholine rings is 1. The summed E-state index contributed by atoms with van der Waals surface area (Å²) < 4.78 is 10.5. The molecule has 0 spiro atoms. The lowest BCUT2D eigenvalue weighted by molar-refractivity contribution is -0.129. The van der Waals surface area contributed by atoms with Gasteiger partial charge < -0.3 is 19.7 Å². The average molecular weight is 375 g/mol. The van der Waals surface area contributed by atoms with Crippen molar-refractivity contribution in [2.75, 3.05) is 31.2 Å². The Morgan fingerprint density at radius 2 is 2.15 bits per heavy atom. The van der Waals surface area contributed by atoms with Gasteiger partial charge in [-0.25, -0.2) is 9.78 Å². The van der Waals surface area contributed by atoms with E-state index in [0.717, 1.165) is 23.8 Å². The molecule has 0 aromatic carbocycles. The molecule has 1 fully saturated rings. The van der Waals surface area contributed by atoms with Crippen molar-refractivity contribution in [3.05, 3.63) is 46.3 Å². The van der Waals surface area contributed by atoms with E-state index in [1.807, 2.05) is 17.5 Å². The number of amides is 1. The van der Waals surface area contributed by atoms with E-state index in [2.05, 4.69) is 15.2 Å². The lowest BCUT2D eigenvalue weighted by Gasteiger charge is -2.27. The molecule has 2 aromatic rings. The fourth-order valence-corrected chi connectivity index (χ4v) is 3.14. The standard InChI is InChI=1S/C18H21N3O4S/c1-13(17(22)20-12-15-3-2-10-26-15)25-18(23)14-4-5-16(19-11-14)21-6-8-24-9-7-21/h2-5,10-11,13H,6-9,12H2,1H3,(H,20,22)/t13-/m1/s1. The van der Waals surface area contributed by atoms with Crippen LogP contribution in [0.3, 0.4) is 0 Å². The topological polar surface area (TPSA) is 80.8 Å². The first-order chi connectivity index (χ1) is 12.6. The first kappa shape index (κ1) is 18.3. The summed E-state index contributed by atoms with van der Waals surface area (Å²) in [5, 5.41) is 4.70. The molecule has 7 nitrogen and oxygen atoms in total. The van der Waals surface area contributed by atoms with Crippen molar-refractivity contribution in [3.8, 4) is 0 Å². The number of rotatable bonds is 6. The lowest BCUT2D eigenvalue weighted by atomic mass is 10.2. The number of carbonyl (C=O) groups excluding carboxylic acids is 2. The normalized spacial score (nSPS) is 15.3. The molecular formula is C18H21N3O4S. The minimum Gasteiger partial charge on any atom is -0.449 e. The van der Waals surface area contributed by atoms with Crippen molar-refractivity contribution in [3.63, 3.8) is 0 Å². The van der Waals surface area contributed by atoms with Crippen LogP contribution in [0.5, 0.6) is 0 Å². The van der Waals surface area contributed by atoms with E-state index in [0.29, 0.717) is 25.3 Å². The van der Waals surface area contributed by atoms with Gasteiger partial charge in [0.1, 0.15) is 5.82 Å². The Morgan fingerprint density at radius 1 is 1.35 bits per heavy atom. The molecule has 1 amide bonds. The zero-order valence-electron chi connectivity index (χ0n) is 14.5. The summed E-state index contributed by atoms with van der Waals surface area (Å²) in [6.07, 6.45) is 0.602. The van der Waals surface area contributed by atoms with E-state index in [1.165, 1.54) is 6.20 Å². The number of hydrogen-bond donors (Lipinski definition) is 1. The number of ether oxygens (including phenoxy) is 2. The second kappa shape index (κ2) is 8.77. The summed E-state index contributed by atoms with van der Waals surface area (Å²) in [6, 6.07) is 7.30. The van der Waals surface area contributed by atoms with Crippen molar-refractivity contribution in [1.82, 2.24) is 10.3 Å². The molecule has 0 radical (unpaired) electrons. The van der Waals surface area contributed by atoms with E-state index >= 15 is 0 Å². The van der Waals surface area contributed by atoms with Crippen LogP contribution in [-0.2, 0) is 20.8 Å². The number of esters is 1. The highest BCUT2D eigenvalue weighted by molar-refractivity contribution is 7.09. The molecule has 0 aliphatic carbocycles. The molecule has 0 unspecified atom stereocenters. The van der Waals surface area contributed by atoms with Crippen LogP contribution in [0.2, 0.25) is 0 Å². The number of nitrogens with one attached hydrogen (secondary N) is 1. The zero-order chi connectivity index (χ0) is 18.4. The predicted molar refractivity (Wildman–Crippen MR) is 98.3 cm³/mol. The highest BCUT2D eigenvalue weighted by Gasteiger charge is 2.20. The third-order valence-electron chi connectivity index (χ3n) is 3.99. The van der Waals surface area contributed by atoms with Crippen LogP contribution in [0.1, 0.15) is 22.2 Å². The Labute approximate surface area is 155 Å². The first-order valence-electron chi connectivity index (χ1n) is 8.43. The number of aromatic nitrogens is 1. The van der Waals surface area contributed by atoms with Crippen LogP contribution in [0, 0.1) is 0 Å². The van der Waals surface area contributed by atoms with Crippen molar-refractivity contribution in [2.24, 2.45) is 0 Å². The number of thiophene rings is 1. The fourth-order valence-electron chi connectivity index (χ4n) is 2.50. The Kier molecular flexibility index (Phi) is 6.19. The number of pyridine rings is 1. The molecule has 2 aromatic heterocycles. The maximum Gasteiger partial charge on any atom is 0.340 e. The molecule has 0 bridgehead atoms. The Morgan fingerprint density at radius 3 is 2.81 bits per heavy atom. The van der Waals surface area contributed by atoms with E-state index in [-0.39, 0.29) is 5.91 Å². The minimum absolute atomic E-state index is 0.319. The zero-order valence-corrected chi connectivity index (χ0v) is 15.3. The Bertz CT molecular complexity index is 727. The third-order valence-corrected chi connectivity index (χ3v) is 4.87. The molecule has 26 heavy (non-hydrogen) atoms. The van der Waals surface area contributed by atoms with Gasteiger partial charge in [-0.05, 0) is 30.5 Å². The second-order valence-corrected chi connectivity index (χ2v) is 6.88. The van der Waals surface area contributed by atoms with E-state index < -0.39 is 12.1 Å². The monoisotopic (exact) mass is 375 g/mol. The van der Waals surface area contributed by atoms with Gasteiger partial charge in [0, 0.05) is 24.2 Å². The van der Waals surface area contributed by atoms with E-state index in [9.17, 15) is 9.59 Å². The second-order valence-electron chi connectivity index (χ2n) is 5.85. The minimum atomic E-state index is -0.874. The van der Waals surface area contributed by atoms with Crippen LogP contribution in [0.25, 0.3) is 0 Å². The SMILES string of the molecule is C[C@@H](OC(=O)c1ccc(N2CCOCC2)nc1)C(=O)NCc1cccs1. The summed E-state index contributed by atoms with van der Waals surface area (Å²) >= 11 is 1.56. The van der Waals surface area contributed by atoms with E-state index in [4.69, 9.17) is 9.47 Å². The molecule has 138 valence electrons. The molecule has 0 saturated carbocycles. The van der Waals surface area contributed by atoms with Crippen molar-refractivity contribution >= 4 is 29.0 Å². The molecule has 1 aliphatic rings. The largest absolute Gasteiger partial charge is 0.449 e. The smallest absolute Gasteiger partial charge is 0.340 e. The highest BCUT2D eigenvalue weighted by atomic mass is 32.1. The van der Waals surface area contributed by atoms with Crippen molar-refractivity contribution < 1.29 is 19.1 Å². The summed E-state index contributed by atoms with van der Waals surface area (Å²) in [7, 11) is 0. The van der Waals surface area contributed by atoms with Crippen LogP contribution >= 0.6 is 11.3 Å². The number of nitrogens with zero attached hydrogens (tertiary/aromatic N) is 2. The van der Waals surface area contributed by atoms with Crippen molar-refractivity contribution in [1.29, 1.82) is 0 Å². The molecule has 1 saturated heterocycles. The van der Waals surface area contributed by atoms with Gasteiger partial charge in [0.05, 0.1) is 25.3 Å². The van der Waals surface area contributed by atoms with Gasteiger partial charge in [0.15, 0.2) is 6.10 Å². The Hall–Kier alpha value is -2.45. The summed E-state index contributed by atoms with van der Waals surface area (Å²) in [5.74, 6) is -0.0963. The number of anilines is 1. The molecular weight excluding hydrogens is 354 g/mol. The molecule has 1 atom stereocenters. The van der Waals surface area contributed by atoms with Crippen LogP contribution in [0.15, 0.2) is 35.8 Å². The van der Waals surface area contributed by atoms with Gasteiger partial charge in [-0.3, -0.25) is 4.79 Å². The summed E-state index contributed by atoms with van der Waals surface area (Å²) in [4.78, 5) is 31.7. The number of carbonyl (C=O) groups is 2. The van der Waals surface area contributed by atoms with Gasteiger partial charge in [-0.1, -0.05) is 6.07 Å².